The van der Waals surface area contributed by atoms with Gasteiger partial charge in [-0.2, -0.15) is 0 Å². The van der Waals surface area contributed by atoms with Crippen LogP contribution in [0.25, 0.3) is 0 Å². The van der Waals surface area contributed by atoms with Crippen molar-refractivity contribution in [1.82, 2.24) is 5.32 Å². The van der Waals surface area contributed by atoms with E-state index >= 15 is 0 Å². The SMILES string of the molecule is COC(=O)C1CCC(C(=O)NCC(=O)OC(C)(C)C)CC1. The topological polar surface area (TPSA) is 81.7 Å². The lowest BCUT2D eigenvalue weighted by Gasteiger charge is -2.26. The minimum absolute atomic E-state index is 0.107. The van der Waals surface area contributed by atoms with Gasteiger partial charge in [-0.1, -0.05) is 0 Å². The van der Waals surface area contributed by atoms with Gasteiger partial charge in [-0.25, -0.2) is 0 Å². The number of carbonyl (C=O) groups is 3. The van der Waals surface area contributed by atoms with Crippen molar-refractivity contribution in [3.8, 4) is 0 Å². The van der Waals surface area contributed by atoms with E-state index in [0.29, 0.717) is 25.7 Å². The van der Waals surface area contributed by atoms with E-state index in [0.717, 1.165) is 0 Å². The van der Waals surface area contributed by atoms with Gasteiger partial charge in [0.05, 0.1) is 13.0 Å². The number of methoxy groups -OCH3 is 1. The highest BCUT2D eigenvalue weighted by molar-refractivity contribution is 5.84. The van der Waals surface area contributed by atoms with E-state index < -0.39 is 11.6 Å². The monoisotopic (exact) mass is 299 g/mol. The fourth-order valence-corrected chi connectivity index (χ4v) is 2.44. The van der Waals surface area contributed by atoms with Crippen molar-refractivity contribution in [1.29, 1.82) is 0 Å². The Morgan fingerprint density at radius 3 is 2.05 bits per heavy atom. The molecule has 21 heavy (non-hydrogen) atoms. The lowest BCUT2D eigenvalue weighted by molar-refractivity contribution is -0.154. The maximum Gasteiger partial charge on any atom is 0.325 e. The average molecular weight is 299 g/mol. The summed E-state index contributed by atoms with van der Waals surface area (Å²) in [7, 11) is 1.38. The highest BCUT2D eigenvalue weighted by Gasteiger charge is 2.30. The number of esters is 2. The number of rotatable bonds is 4. The van der Waals surface area contributed by atoms with E-state index in [-0.39, 0.29) is 30.3 Å². The molecule has 0 atom stereocenters. The molecule has 1 aliphatic rings. The second kappa shape index (κ2) is 7.43. The van der Waals surface area contributed by atoms with Crippen molar-refractivity contribution < 1.29 is 23.9 Å². The molecule has 0 bridgehead atoms. The van der Waals surface area contributed by atoms with Crippen LogP contribution in [0.15, 0.2) is 0 Å². The first kappa shape index (κ1) is 17.5. The van der Waals surface area contributed by atoms with E-state index in [1.807, 2.05) is 0 Å². The Morgan fingerprint density at radius 2 is 1.57 bits per heavy atom. The molecule has 6 nitrogen and oxygen atoms in total. The zero-order valence-electron chi connectivity index (χ0n) is 13.2. The molecule has 0 aliphatic heterocycles. The average Bonchev–Trinajstić information content (AvgIpc) is 2.42. The summed E-state index contributed by atoms with van der Waals surface area (Å²) in [5.41, 5.74) is -0.555. The summed E-state index contributed by atoms with van der Waals surface area (Å²) in [6.07, 6.45) is 2.58. The summed E-state index contributed by atoms with van der Waals surface area (Å²) in [4.78, 5) is 34.9. The van der Waals surface area contributed by atoms with Crippen molar-refractivity contribution >= 4 is 17.8 Å². The molecule has 0 aromatic heterocycles. The van der Waals surface area contributed by atoms with Crippen LogP contribution in [0.1, 0.15) is 46.5 Å². The third-order valence-electron chi connectivity index (χ3n) is 3.46. The third-order valence-corrected chi connectivity index (χ3v) is 3.46. The van der Waals surface area contributed by atoms with Crippen LogP contribution >= 0.6 is 0 Å². The molecule has 0 unspecified atom stereocenters. The number of carbonyl (C=O) groups excluding carboxylic acids is 3. The van der Waals surface area contributed by atoms with Gasteiger partial charge in [-0.05, 0) is 46.5 Å². The molecule has 0 aromatic carbocycles. The summed E-state index contributed by atoms with van der Waals surface area (Å²) < 4.78 is 9.83. The van der Waals surface area contributed by atoms with E-state index in [1.165, 1.54) is 7.11 Å². The zero-order valence-corrected chi connectivity index (χ0v) is 13.2. The molecule has 1 fully saturated rings. The maximum absolute atomic E-state index is 12.0. The number of hydrogen-bond donors (Lipinski definition) is 1. The fourth-order valence-electron chi connectivity index (χ4n) is 2.44. The lowest BCUT2D eigenvalue weighted by atomic mass is 9.81. The molecule has 0 spiro atoms. The summed E-state index contributed by atoms with van der Waals surface area (Å²) in [5.74, 6) is -1.05. The predicted octanol–water partition coefficient (Wildman–Crippen LogP) is 1.42. The number of hydrogen-bond acceptors (Lipinski definition) is 5. The Labute approximate surface area is 125 Å². The van der Waals surface area contributed by atoms with Crippen LogP contribution in [0, 0.1) is 11.8 Å². The molecule has 1 rings (SSSR count). The van der Waals surface area contributed by atoms with Crippen molar-refractivity contribution in [2.24, 2.45) is 11.8 Å². The highest BCUT2D eigenvalue weighted by atomic mass is 16.6. The van der Waals surface area contributed by atoms with Gasteiger partial charge < -0.3 is 14.8 Å². The lowest BCUT2D eigenvalue weighted by Crippen LogP contribution is -2.39. The molecule has 0 heterocycles. The first-order valence-corrected chi connectivity index (χ1v) is 7.30. The summed E-state index contributed by atoms with van der Waals surface area (Å²) in [5, 5.41) is 2.60. The van der Waals surface area contributed by atoms with Gasteiger partial charge in [0.15, 0.2) is 0 Å². The molecular weight excluding hydrogens is 274 g/mol. The largest absolute Gasteiger partial charge is 0.469 e. The van der Waals surface area contributed by atoms with Crippen molar-refractivity contribution in [2.45, 2.75) is 52.1 Å². The number of nitrogens with one attached hydrogen (secondary N) is 1. The van der Waals surface area contributed by atoms with Gasteiger partial charge in [-0.3, -0.25) is 14.4 Å². The smallest absolute Gasteiger partial charge is 0.325 e. The van der Waals surface area contributed by atoms with Crippen LogP contribution in [0.3, 0.4) is 0 Å². The van der Waals surface area contributed by atoms with Gasteiger partial charge >= 0.3 is 11.9 Å². The predicted molar refractivity (Wildman–Crippen MR) is 76.3 cm³/mol. The van der Waals surface area contributed by atoms with Gasteiger partial charge in [0.1, 0.15) is 12.1 Å². The van der Waals surface area contributed by atoms with E-state index in [4.69, 9.17) is 9.47 Å². The van der Waals surface area contributed by atoms with Crippen LogP contribution in [-0.2, 0) is 23.9 Å². The van der Waals surface area contributed by atoms with E-state index in [1.54, 1.807) is 20.8 Å². The second-order valence-electron chi connectivity index (χ2n) is 6.38. The van der Waals surface area contributed by atoms with Gasteiger partial charge in [0.2, 0.25) is 5.91 Å². The maximum atomic E-state index is 12.0. The molecule has 1 N–H and O–H groups in total. The minimum atomic E-state index is -0.555. The molecule has 1 aliphatic carbocycles. The summed E-state index contributed by atoms with van der Waals surface area (Å²) >= 11 is 0. The molecule has 120 valence electrons. The fraction of sp³-hybridized carbons (Fsp3) is 0.800. The first-order chi connectivity index (χ1) is 9.73. The van der Waals surface area contributed by atoms with Crippen molar-refractivity contribution in [3.63, 3.8) is 0 Å². The summed E-state index contributed by atoms with van der Waals surface area (Å²) in [6.45, 7) is 5.22. The van der Waals surface area contributed by atoms with Crippen LogP contribution in [0.4, 0.5) is 0 Å². The zero-order chi connectivity index (χ0) is 16.0. The van der Waals surface area contributed by atoms with Crippen LogP contribution in [0.5, 0.6) is 0 Å². The Morgan fingerprint density at radius 1 is 1.05 bits per heavy atom. The standard InChI is InChI=1S/C15H25NO5/c1-15(2,3)21-12(17)9-16-13(18)10-5-7-11(8-6-10)14(19)20-4/h10-11H,5-9H2,1-4H3,(H,16,18). The van der Waals surface area contributed by atoms with Crippen LogP contribution < -0.4 is 5.32 Å². The Kier molecular flexibility index (Phi) is 6.18. The number of ether oxygens (including phenoxy) is 2. The quantitative estimate of drug-likeness (QED) is 0.794. The summed E-state index contributed by atoms with van der Waals surface area (Å²) in [6, 6.07) is 0. The third kappa shape index (κ3) is 6.14. The van der Waals surface area contributed by atoms with Gasteiger partial charge in [0, 0.05) is 5.92 Å². The molecule has 1 saturated carbocycles. The Balaban J connectivity index is 2.31. The van der Waals surface area contributed by atoms with Gasteiger partial charge in [0.25, 0.3) is 0 Å². The molecule has 0 aromatic rings. The molecule has 6 heteroatoms. The van der Waals surface area contributed by atoms with Crippen molar-refractivity contribution in [3.05, 3.63) is 0 Å². The van der Waals surface area contributed by atoms with E-state index in [9.17, 15) is 14.4 Å². The Hall–Kier alpha value is -1.59. The van der Waals surface area contributed by atoms with Crippen molar-refractivity contribution in [2.75, 3.05) is 13.7 Å². The second-order valence-corrected chi connectivity index (χ2v) is 6.38. The van der Waals surface area contributed by atoms with Gasteiger partial charge in [-0.15, -0.1) is 0 Å². The first-order valence-electron chi connectivity index (χ1n) is 7.30. The molecule has 0 radical (unpaired) electrons. The molecule has 0 saturated heterocycles. The van der Waals surface area contributed by atoms with Crippen LogP contribution in [-0.4, -0.2) is 37.1 Å². The minimum Gasteiger partial charge on any atom is -0.469 e. The normalized spacial score (nSPS) is 22.3. The van der Waals surface area contributed by atoms with E-state index in [2.05, 4.69) is 5.32 Å². The molecular formula is C15H25NO5. The Bertz CT molecular complexity index is 391. The van der Waals surface area contributed by atoms with Crippen LogP contribution in [0.2, 0.25) is 0 Å². The number of amides is 1. The highest BCUT2D eigenvalue weighted by Crippen LogP contribution is 2.29. The molecule has 1 amide bonds.